The van der Waals surface area contributed by atoms with E-state index in [0.717, 1.165) is 0 Å². The quantitative estimate of drug-likeness (QED) is 0.345. The lowest BCUT2D eigenvalue weighted by molar-refractivity contribution is 0.567. The van der Waals surface area contributed by atoms with Crippen LogP contribution in [-0.2, 0) is 4.79 Å². The smallest absolute Gasteiger partial charge is 0.207 e. The number of nitriles is 1. The average molecular weight is 148 g/mol. The first-order valence-electron chi connectivity index (χ1n) is 2.79. The molecule has 0 saturated carbocycles. The maximum atomic E-state index is 10.1. The minimum atomic E-state index is 0.0639. The largest absolute Gasteiger partial charge is 0.317 e. The first kappa shape index (κ1) is 7.19. The van der Waals surface area contributed by atoms with Crippen LogP contribution in [0.4, 0.5) is 0 Å². The van der Waals surface area contributed by atoms with Crippen molar-refractivity contribution in [1.82, 2.24) is 4.90 Å². The zero-order chi connectivity index (χ0) is 8.27. The molecule has 0 aromatic carbocycles. The topological polar surface area (TPSA) is 68.8 Å². The van der Waals surface area contributed by atoms with E-state index in [2.05, 4.69) is 9.98 Å². The predicted octanol–water partition coefficient (Wildman–Crippen LogP) is -0.445. The molecule has 0 aliphatic carbocycles. The van der Waals surface area contributed by atoms with E-state index >= 15 is 0 Å². The maximum Gasteiger partial charge on any atom is 0.207 e. The molecule has 0 radical (unpaired) electrons. The highest BCUT2D eigenvalue weighted by Gasteiger charge is 2.17. The minimum absolute atomic E-state index is 0.0639. The molecule has 0 saturated heterocycles. The lowest BCUT2D eigenvalue weighted by atomic mass is 10.4. The Kier molecular flexibility index (Phi) is 1.81. The summed E-state index contributed by atoms with van der Waals surface area (Å²) in [6.07, 6.45) is 2.97. The Balaban J connectivity index is 3.08. The molecule has 0 atom stereocenters. The third-order valence-corrected chi connectivity index (χ3v) is 1.16. The fourth-order valence-electron chi connectivity index (χ4n) is 0.675. The van der Waals surface area contributed by atoms with E-state index in [4.69, 9.17) is 5.26 Å². The van der Waals surface area contributed by atoms with Crippen molar-refractivity contribution in [3.05, 3.63) is 5.70 Å². The van der Waals surface area contributed by atoms with Crippen LogP contribution in [0.5, 0.6) is 0 Å². The molecular weight excluding hydrogens is 144 g/mol. The summed E-state index contributed by atoms with van der Waals surface area (Å²) in [5.74, 6) is 1.81. The SMILES string of the molecule is CN1C=NC(=C=O)C1=NC#N. The fourth-order valence-corrected chi connectivity index (χ4v) is 0.675. The summed E-state index contributed by atoms with van der Waals surface area (Å²) in [5.41, 5.74) is 0.0639. The van der Waals surface area contributed by atoms with Crippen LogP contribution < -0.4 is 0 Å². The molecule has 0 N–H and O–H groups in total. The molecule has 1 rings (SSSR count). The molecule has 1 aliphatic rings. The normalized spacial score (nSPS) is 18.7. The summed E-state index contributed by atoms with van der Waals surface area (Å²) in [7, 11) is 1.64. The molecule has 0 aromatic rings. The minimum Gasteiger partial charge on any atom is -0.317 e. The van der Waals surface area contributed by atoms with Crippen LogP contribution in [-0.4, -0.2) is 30.1 Å². The Bertz CT molecular complexity index is 316. The van der Waals surface area contributed by atoms with Crippen molar-refractivity contribution < 1.29 is 4.79 Å². The Hall–Kier alpha value is -1.92. The van der Waals surface area contributed by atoms with Crippen molar-refractivity contribution in [2.45, 2.75) is 0 Å². The van der Waals surface area contributed by atoms with Crippen LogP contribution in [0.2, 0.25) is 0 Å². The maximum absolute atomic E-state index is 10.1. The van der Waals surface area contributed by atoms with Crippen molar-refractivity contribution in [3.63, 3.8) is 0 Å². The molecule has 54 valence electrons. The molecule has 5 nitrogen and oxygen atoms in total. The second-order valence-electron chi connectivity index (χ2n) is 1.84. The van der Waals surface area contributed by atoms with E-state index in [9.17, 15) is 4.79 Å². The molecule has 0 spiro atoms. The van der Waals surface area contributed by atoms with Crippen LogP contribution in [0.1, 0.15) is 0 Å². The van der Waals surface area contributed by atoms with Gasteiger partial charge in [-0.1, -0.05) is 0 Å². The van der Waals surface area contributed by atoms with E-state index in [1.807, 2.05) is 0 Å². The molecule has 5 heteroatoms. The van der Waals surface area contributed by atoms with E-state index in [1.54, 1.807) is 19.2 Å². The van der Waals surface area contributed by atoms with E-state index in [1.165, 1.54) is 11.2 Å². The number of hydrogen-bond acceptors (Lipinski definition) is 4. The Labute approximate surface area is 63.0 Å². The van der Waals surface area contributed by atoms with Gasteiger partial charge in [0.05, 0.1) is 6.34 Å². The van der Waals surface area contributed by atoms with E-state index in [0.29, 0.717) is 0 Å². The van der Waals surface area contributed by atoms with Crippen LogP contribution >= 0.6 is 0 Å². The van der Waals surface area contributed by atoms with Crippen LogP contribution in [0.25, 0.3) is 0 Å². The van der Waals surface area contributed by atoms with Crippen molar-refractivity contribution in [2.24, 2.45) is 9.98 Å². The molecule has 0 amide bonds. The lowest BCUT2D eigenvalue weighted by Gasteiger charge is -2.03. The summed E-state index contributed by atoms with van der Waals surface area (Å²) in [6, 6.07) is 0. The average Bonchev–Trinajstić information content (AvgIpc) is 2.34. The van der Waals surface area contributed by atoms with E-state index in [-0.39, 0.29) is 11.5 Å². The number of hydrogen-bond donors (Lipinski definition) is 0. The van der Waals surface area contributed by atoms with Crippen molar-refractivity contribution >= 4 is 18.1 Å². The van der Waals surface area contributed by atoms with Gasteiger partial charge in [0.15, 0.2) is 17.5 Å². The summed E-state index contributed by atoms with van der Waals surface area (Å²) in [5, 5.41) is 8.19. The van der Waals surface area contributed by atoms with Crippen LogP contribution in [0, 0.1) is 11.5 Å². The van der Waals surface area contributed by atoms with Gasteiger partial charge in [-0.2, -0.15) is 10.3 Å². The fraction of sp³-hybridized carbons (Fsp3) is 0.167. The number of likely N-dealkylation sites (N-methyl/N-ethyl adjacent to an activating group) is 1. The molecule has 0 fully saturated rings. The molecular formula is C6H4N4O. The van der Waals surface area contributed by atoms with Crippen LogP contribution in [0.15, 0.2) is 15.7 Å². The standard InChI is InChI=1S/C6H4N4O/c1-10-4-9-5(2-11)6(10)8-3-7/h4H,1H3. The molecule has 0 bridgehead atoms. The van der Waals surface area contributed by atoms with E-state index < -0.39 is 0 Å². The Morgan fingerprint density at radius 3 is 3.09 bits per heavy atom. The number of nitrogens with zero attached hydrogens (tertiary/aromatic N) is 4. The van der Waals surface area contributed by atoms with Gasteiger partial charge in [0, 0.05) is 7.05 Å². The highest BCUT2D eigenvalue weighted by molar-refractivity contribution is 6.13. The van der Waals surface area contributed by atoms with Gasteiger partial charge in [-0.15, -0.1) is 0 Å². The first-order valence-corrected chi connectivity index (χ1v) is 2.79. The highest BCUT2D eigenvalue weighted by atomic mass is 16.1. The van der Waals surface area contributed by atoms with Gasteiger partial charge in [0.1, 0.15) is 0 Å². The third-order valence-electron chi connectivity index (χ3n) is 1.16. The zero-order valence-electron chi connectivity index (χ0n) is 5.77. The van der Waals surface area contributed by atoms with Gasteiger partial charge in [-0.05, 0) is 0 Å². The second kappa shape index (κ2) is 2.78. The lowest BCUT2D eigenvalue weighted by Crippen LogP contribution is -2.20. The molecule has 0 aromatic heterocycles. The molecule has 1 heterocycles. The summed E-state index contributed by atoms with van der Waals surface area (Å²) >= 11 is 0. The molecule has 1 aliphatic heterocycles. The summed E-state index contributed by atoms with van der Waals surface area (Å²) in [6.45, 7) is 0. The van der Waals surface area contributed by atoms with Gasteiger partial charge in [-0.25, -0.2) is 9.79 Å². The summed E-state index contributed by atoms with van der Waals surface area (Å²) < 4.78 is 0. The first-order chi connectivity index (χ1) is 5.29. The Morgan fingerprint density at radius 2 is 2.55 bits per heavy atom. The second-order valence-corrected chi connectivity index (χ2v) is 1.84. The van der Waals surface area contributed by atoms with Gasteiger partial charge < -0.3 is 4.90 Å². The molecule has 0 unspecified atom stereocenters. The number of rotatable bonds is 0. The summed E-state index contributed by atoms with van der Waals surface area (Å²) in [4.78, 5) is 18.6. The van der Waals surface area contributed by atoms with Gasteiger partial charge in [0.25, 0.3) is 0 Å². The third kappa shape index (κ3) is 1.16. The van der Waals surface area contributed by atoms with Gasteiger partial charge >= 0.3 is 0 Å². The Morgan fingerprint density at radius 1 is 1.82 bits per heavy atom. The van der Waals surface area contributed by atoms with Crippen molar-refractivity contribution in [3.8, 4) is 6.19 Å². The monoisotopic (exact) mass is 148 g/mol. The zero-order valence-corrected chi connectivity index (χ0v) is 5.77. The van der Waals surface area contributed by atoms with Crippen LogP contribution in [0.3, 0.4) is 0 Å². The predicted molar refractivity (Wildman–Crippen MR) is 38.5 cm³/mol. The highest BCUT2D eigenvalue weighted by Crippen LogP contribution is 2.05. The number of amidine groups is 1. The van der Waals surface area contributed by atoms with Gasteiger partial charge in [-0.3, -0.25) is 0 Å². The molecule has 11 heavy (non-hydrogen) atoms. The van der Waals surface area contributed by atoms with Gasteiger partial charge in [0.2, 0.25) is 6.19 Å². The number of aliphatic imine (C=N–C) groups is 2. The van der Waals surface area contributed by atoms with Crippen molar-refractivity contribution in [1.29, 1.82) is 5.26 Å². The number of carbonyl (C=O) groups excluding carboxylic acids is 1. The van der Waals surface area contributed by atoms with Crippen molar-refractivity contribution in [2.75, 3.05) is 7.05 Å².